The van der Waals surface area contributed by atoms with Crippen molar-refractivity contribution in [3.05, 3.63) is 161 Å². The average Bonchev–Trinajstić information content (AvgIpc) is 3.14. The Morgan fingerprint density at radius 2 is 1.10 bits per heavy atom. The first kappa shape index (κ1) is 32.4. The Morgan fingerprint density at radius 3 is 1.60 bits per heavy atom. The maximum Gasteiger partial charge on any atom is 0.514 e. The van der Waals surface area contributed by atoms with E-state index >= 15 is 8.78 Å². The molecular weight excluding hydrogens is 650 g/mol. The fraction of sp³-hybridized carbons (Fsp3) is 0.128. The number of para-hydroxylation sites is 4. The van der Waals surface area contributed by atoms with Crippen molar-refractivity contribution < 1.29 is 51.9 Å². The topological polar surface area (TPSA) is 110 Å². The number of benzene rings is 5. The van der Waals surface area contributed by atoms with E-state index in [0.29, 0.717) is 28.2 Å². The number of carbonyl (C=O) groups excluding carboxylic acids is 2. The van der Waals surface area contributed by atoms with Gasteiger partial charge in [-0.2, -0.15) is 0 Å². The molecule has 0 unspecified atom stereocenters. The molecule has 0 amide bonds. The maximum atomic E-state index is 15.1. The van der Waals surface area contributed by atoms with Crippen LogP contribution in [0.1, 0.15) is 27.8 Å². The lowest BCUT2D eigenvalue weighted by molar-refractivity contribution is -0.103. The van der Waals surface area contributed by atoms with Crippen LogP contribution in [0.25, 0.3) is 5.57 Å². The van der Waals surface area contributed by atoms with Crippen LogP contribution < -0.4 is 9.47 Å². The van der Waals surface area contributed by atoms with Crippen LogP contribution >= 0.6 is 0 Å². The van der Waals surface area contributed by atoms with E-state index in [-0.39, 0.29) is 28.2 Å². The molecule has 0 aromatic heterocycles. The van der Waals surface area contributed by atoms with Gasteiger partial charge in [-0.3, -0.25) is 0 Å². The van der Waals surface area contributed by atoms with Crippen LogP contribution in [0.15, 0.2) is 134 Å². The number of aliphatic hydroxyl groups is 1. The van der Waals surface area contributed by atoms with Crippen molar-refractivity contribution >= 4 is 17.9 Å². The highest BCUT2D eigenvalue weighted by Gasteiger charge is 2.54. The number of rotatable bonds is 8. The molecule has 0 radical (unpaired) electrons. The van der Waals surface area contributed by atoms with E-state index in [0.717, 1.165) is 6.26 Å². The fourth-order valence-corrected chi connectivity index (χ4v) is 6.15. The molecule has 5 aromatic carbocycles. The molecule has 0 bridgehead atoms. The van der Waals surface area contributed by atoms with Crippen LogP contribution in [-0.2, 0) is 30.1 Å². The summed E-state index contributed by atoms with van der Waals surface area (Å²) in [5, 5.41) is 10.7. The van der Waals surface area contributed by atoms with E-state index in [1.807, 2.05) is 0 Å². The summed E-state index contributed by atoms with van der Waals surface area (Å²) in [6.45, 7) is -1.17. The number of carbonyl (C=O) groups is 2. The van der Waals surface area contributed by atoms with Gasteiger partial charge in [-0.25, -0.2) is 18.4 Å². The summed E-state index contributed by atoms with van der Waals surface area (Å²) in [6, 6.07) is 34.2. The number of aliphatic hydroxyl groups excluding tert-OH is 1. The molecule has 2 heterocycles. The average molecular weight is 679 g/mol. The summed E-state index contributed by atoms with van der Waals surface area (Å²) in [7, 11) is 0. The van der Waals surface area contributed by atoms with Gasteiger partial charge in [0.05, 0.1) is 6.61 Å². The minimum absolute atomic E-state index is 0.0513. The van der Waals surface area contributed by atoms with Gasteiger partial charge in [0.15, 0.2) is 5.60 Å². The third-order valence-corrected chi connectivity index (χ3v) is 8.48. The van der Waals surface area contributed by atoms with E-state index in [1.54, 1.807) is 91.0 Å². The molecule has 0 atom stereocenters. The molecule has 0 spiro atoms. The highest BCUT2D eigenvalue weighted by Crippen LogP contribution is 2.52. The van der Waals surface area contributed by atoms with Crippen molar-refractivity contribution in [1.82, 2.24) is 0 Å². The lowest BCUT2D eigenvalue weighted by atomic mass is 9.83. The third-order valence-electron chi connectivity index (χ3n) is 8.48. The number of ether oxygens (including phenoxy) is 6. The molecule has 0 saturated carbocycles. The second kappa shape index (κ2) is 13.4. The number of hydrogen-bond donors (Lipinski definition) is 1. The molecular formula is C39H28F2O9. The van der Waals surface area contributed by atoms with Gasteiger partial charge in [-0.05, 0) is 29.8 Å². The van der Waals surface area contributed by atoms with Crippen LogP contribution in [0.5, 0.6) is 23.0 Å². The van der Waals surface area contributed by atoms with Gasteiger partial charge in [-0.1, -0.05) is 103 Å². The molecule has 0 aliphatic carbocycles. The molecule has 252 valence electrons. The van der Waals surface area contributed by atoms with Gasteiger partial charge in [0.1, 0.15) is 35.9 Å². The molecule has 1 N–H and O–H groups in total. The molecule has 50 heavy (non-hydrogen) atoms. The standard InChI is InChI=1S/C39H28F2O9/c40-35(41)39(29-16-6-10-20-33(29)48-34-21-11-7-17-30(34)39)50-37(44)46-23-26(25-12-2-1-3-13-25)22-45-36(43)49-38(24-42)27-14-4-8-18-31(27)47-32-19-9-5-15-28(32)38/h1-22,35,42H,23-24H2. The Hall–Kier alpha value is -6.20. The third kappa shape index (κ3) is 5.67. The molecule has 5 aromatic rings. The van der Waals surface area contributed by atoms with E-state index in [4.69, 9.17) is 28.4 Å². The van der Waals surface area contributed by atoms with Gasteiger partial charge in [0.2, 0.25) is 5.60 Å². The first-order chi connectivity index (χ1) is 24.4. The van der Waals surface area contributed by atoms with Crippen molar-refractivity contribution in [2.24, 2.45) is 0 Å². The summed E-state index contributed by atoms with van der Waals surface area (Å²) in [6.07, 6.45) is -4.78. The first-order valence-corrected chi connectivity index (χ1v) is 15.5. The second-order valence-corrected chi connectivity index (χ2v) is 11.3. The highest BCUT2D eigenvalue weighted by atomic mass is 19.3. The molecule has 9 nitrogen and oxygen atoms in total. The lowest BCUT2D eigenvalue weighted by Crippen LogP contribution is -2.43. The summed E-state index contributed by atoms with van der Waals surface area (Å²) >= 11 is 0. The monoisotopic (exact) mass is 678 g/mol. The zero-order valence-electron chi connectivity index (χ0n) is 26.2. The van der Waals surface area contributed by atoms with Crippen molar-refractivity contribution in [2.45, 2.75) is 17.6 Å². The van der Waals surface area contributed by atoms with Gasteiger partial charge >= 0.3 is 12.3 Å². The molecule has 0 saturated heterocycles. The predicted molar refractivity (Wildman–Crippen MR) is 175 cm³/mol. The van der Waals surface area contributed by atoms with Crippen molar-refractivity contribution in [1.29, 1.82) is 0 Å². The maximum absolute atomic E-state index is 15.1. The van der Waals surface area contributed by atoms with Gasteiger partial charge in [0.25, 0.3) is 6.43 Å². The zero-order chi connectivity index (χ0) is 34.7. The summed E-state index contributed by atoms with van der Waals surface area (Å²) in [5.41, 5.74) is -2.84. The van der Waals surface area contributed by atoms with Gasteiger partial charge < -0.3 is 33.5 Å². The van der Waals surface area contributed by atoms with Crippen LogP contribution in [0.3, 0.4) is 0 Å². The van der Waals surface area contributed by atoms with Crippen LogP contribution in [-0.4, -0.2) is 37.1 Å². The van der Waals surface area contributed by atoms with Gasteiger partial charge in [-0.15, -0.1) is 0 Å². The summed E-state index contributed by atoms with van der Waals surface area (Å²) in [5.74, 6) is 0.978. The number of alkyl halides is 2. The minimum atomic E-state index is -3.21. The molecule has 11 heteroatoms. The van der Waals surface area contributed by atoms with Crippen molar-refractivity contribution in [3.63, 3.8) is 0 Å². The summed E-state index contributed by atoms with van der Waals surface area (Å²) in [4.78, 5) is 26.6. The first-order valence-electron chi connectivity index (χ1n) is 15.5. The number of fused-ring (bicyclic) bond motifs is 4. The van der Waals surface area contributed by atoms with Crippen LogP contribution in [0, 0.1) is 0 Å². The Kier molecular flexibility index (Phi) is 8.65. The quantitative estimate of drug-likeness (QED) is 0.127. The molecule has 7 rings (SSSR count). The van der Waals surface area contributed by atoms with Crippen LogP contribution in [0.4, 0.5) is 18.4 Å². The molecule has 2 aliphatic rings. The fourth-order valence-electron chi connectivity index (χ4n) is 6.15. The largest absolute Gasteiger partial charge is 0.514 e. The number of hydrogen-bond acceptors (Lipinski definition) is 9. The highest BCUT2D eigenvalue weighted by molar-refractivity contribution is 5.72. The predicted octanol–water partition coefficient (Wildman–Crippen LogP) is 8.69. The van der Waals surface area contributed by atoms with Crippen molar-refractivity contribution in [2.75, 3.05) is 13.2 Å². The van der Waals surface area contributed by atoms with E-state index < -0.39 is 43.2 Å². The minimum Gasteiger partial charge on any atom is -0.456 e. The van der Waals surface area contributed by atoms with Crippen molar-refractivity contribution in [3.8, 4) is 23.0 Å². The number of halogens is 2. The second-order valence-electron chi connectivity index (χ2n) is 11.3. The lowest BCUT2D eigenvalue weighted by Gasteiger charge is -2.38. The summed E-state index contributed by atoms with van der Waals surface area (Å²) < 4.78 is 64.2. The van der Waals surface area contributed by atoms with E-state index in [9.17, 15) is 14.7 Å². The Bertz CT molecular complexity index is 1990. The Labute approximate surface area is 284 Å². The SMILES string of the molecule is O=C(OC=C(COC(=O)OC1(C(F)F)c2ccccc2Oc2ccccc21)c1ccccc1)OC1(CO)c2ccccc2Oc2ccccc21. The zero-order valence-corrected chi connectivity index (χ0v) is 26.2. The molecule has 0 fully saturated rings. The van der Waals surface area contributed by atoms with Crippen LogP contribution in [0.2, 0.25) is 0 Å². The molecule has 2 aliphatic heterocycles. The van der Waals surface area contributed by atoms with Gasteiger partial charge in [0, 0.05) is 27.8 Å². The van der Waals surface area contributed by atoms with E-state index in [2.05, 4.69) is 0 Å². The normalized spacial score (nSPS) is 14.8. The Balaban J connectivity index is 1.14. The smallest absolute Gasteiger partial charge is 0.456 e. The Morgan fingerprint density at radius 1 is 0.640 bits per heavy atom. The van der Waals surface area contributed by atoms with E-state index in [1.165, 1.54) is 36.4 Å².